The molecule has 1 aromatic heterocycles. The van der Waals surface area contributed by atoms with E-state index in [0.717, 1.165) is 37.5 Å². The average molecular weight is 321 g/mol. The monoisotopic (exact) mass is 321 g/mol. The van der Waals surface area contributed by atoms with Gasteiger partial charge < -0.3 is 14.6 Å². The Morgan fingerprint density at radius 3 is 2.75 bits per heavy atom. The molecule has 1 aliphatic rings. The second-order valence-corrected chi connectivity index (χ2v) is 6.46. The first-order valence-corrected chi connectivity index (χ1v) is 8.60. The van der Waals surface area contributed by atoms with Gasteiger partial charge in [-0.15, -0.1) is 0 Å². The van der Waals surface area contributed by atoms with Crippen LogP contribution in [0.15, 0.2) is 54.6 Å². The Morgan fingerprint density at radius 2 is 1.92 bits per heavy atom. The van der Waals surface area contributed by atoms with Crippen LogP contribution in [0.1, 0.15) is 23.9 Å². The van der Waals surface area contributed by atoms with Crippen molar-refractivity contribution in [3.05, 3.63) is 66.0 Å². The number of hydrogen-bond acceptors (Lipinski definition) is 3. The highest BCUT2D eigenvalue weighted by Crippen LogP contribution is 2.33. The van der Waals surface area contributed by atoms with Crippen LogP contribution < -0.4 is 5.32 Å². The molecule has 0 radical (unpaired) electrons. The minimum atomic E-state index is 0.208. The number of rotatable bonds is 5. The molecule has 2 heterocycles. The lowest BCUT2D eigenvalue weighted by atomic mass is 9.95. The Hall–Kier alpha value is -2.17. The van der Waals surface area contributed by atoms with E-state index in [1.165, 1.54) is 11.1 Å². The molecule has 4 rings (SSSR count). The van der Waals surface area contributed by atoms with E-state index in [1.54, 1.807) is 0 Å². The topological polar surface area (TPSA) is 39.1 Å². The van der Waals surface area contributed by atoms with Gasteiger partial charge in [0.2, 0.25) is 0 Å². The van der Waals surface area contributed by atoms with Crippen molar-refractivity contribution in [1.29, 1.82) is 0 Å². The highest BCUT2D eigenvalue weighted by molar-refractivity contribution is 5.75. The summed E-state index contributed by atoms with van der Waals surface area (Å²) in [5.74, 6) is 1.59. The van der Waals surface area contributed by atoms with Gasteiger partial charge in [-0.1, -0.05) is 42.5 Å². The number of nitrogens with zero attached hydrogens (tertiary/aromatic N) is 2. The molecule has 1 fully saturated rings. The smallest absolute Gasteiger partial charge is 0.123 e. The maximum atomic E-state index is 5.97. The molecule has 24 heavy (non-hydrogen) atoms. The van der Waals surface area contributed by atoms with Gasteiger partial charge in [-0.3, -0.25) is 0 Å². The minimum Gasteiger partial charge on any atom is -0.373 e. The van der Waals surface area contributed by atoms with Gasteiger partial charge in [0.25, 0.3) is 0 Å². The van der Waals surface area contributed by atoms with E-state index in [2.05, 4.69) is 65.5 Å². The first-order valence-electron chi connectivity index (χ1n) is 8.60. The Labute approximate surface area is 142 Å². The predicted molar refractivity (Wildman–Crippen MR) is 95.7 cm³/mol. The molecule has 0 amide bonds. The fourth-order valence-corrected chi connectivity index (χ4v) is 3.58. The number of ether oxygens (including phenoxy) is 1. The van der Waals surface area contributed by atoms with Gasteiger partial charge in [-0.2, -0.15) is 0 Å². The molecule has 4 heteroatoms. The lowest BCUT2D eigenvalue weighted by Gasteiger charge is -2.19. The molecule has 1 saturated heterocycles. The van der Waals surface area contributed by atoms with Crippen molar-refractivity contribution in [2.45, 2.75) is 19.1 Å². The summed E-state index contributed by atoms with van der Waals surface area (Å²) < 4.78 is 8.13. The number of para-hydroxylation sites is 2. The van der Waals surface area contributed by atoms with Crippen LogP contribution in [-0.2, 0) is 18.3 Å². The fraction of sp³-hybridized carbons (Fsp3) is 0.350. The van der Waals surface area contributed by atoms with Gasteiger partial charge in [0.05, 0.1) is 23.7 Å². The molecular formula is C20H23N3O. The van der Waals surface area contributed by atoms with E-state index < -0.39 is 0 Å². The van der Waals surface area contributed by atoms with E-state index in [0.29, 0.717) is 5.92 Å². The van der Waals surface area contributed by atoms with Crippen molar-refractivity contribution in [2.75, 3.05) is 13.2 Å². The molecule has 124 valence electrons. The summed E-state index contributed by atoms with van der Waals surface area (Å²) >= 11 is 0. The van der Waals surface area contributed by atoms with Gasteiger partial charge in [0.1, 0.15) is 5.82 Å². The third-order valence-corrected chi connectivity index (χ3v) is 4.91. The Kier molecular flexibility index (Phi) is 4.32. The van der Waals surface area contributed by atoms with Gasteiger partial charge in [-0.05, 0) is 24.1 Å². The zero-order valence-electron chi connectivity index (χ0n) is 14.0. The van der Waals surface area contributed by atoms with Crippen LogP contribution in [-0.4, -0.2) is 22.7 Å². The Bertz CT molecular complexity index is 812. The molecule has 0 unspecified atom stereocenters. The average Bonchev–Trinajstić information content (AvgIpc) is 3.21. The van der Waals surface area contributed by atoms with Crippen LogP contribution in [0.25, 0.3) is 11.0 Å². The van der Waals surface area contributed by atoms with E-state index in [9.17, 15) is 0 Å². The highest BCUT2D eigenvalue weighted by atomic mass is 16.5. The molecule has 2 aromatic carbocycles. The SMILES string of the molecule is Cn1c(CNC[C@H]2CCO[C@@H]2c2ccccc2)nc2ccccc21. The predicted octanol–water partition coefficient (Wildman–Crippen LogP) is 3.44. The fourth-order valence-electron chi connectivity index (χ4n) is 3.58. The lowest BCUT2D eigenvalue weighted by molar-refractivity contribution is 0.0904. The molecule has 2 atom stereocenters. The number of nitrogens with one attached hydrogen (secondary N) is 1. The van der Waals surface area contributed by atoms with E-state index in [1.807, 2.05) is 6.07 Å². The molecular weight excluding hydrogens is 298 g/mol. The van der Waals surface area contributed by atoms with Crippen molar-refractivity contribution >= 4 is 11.0 Å². The van der Waals surface area contributed by atoms with E-state index in [4.69, 9.17) is 9.72 Å². The summed E-state index contributed by atoms with van der Waals surface area (Å²) in [7, 11) is 2.08. The van der Waals surface area contributed by atoms with Crippen LogP contribution in [0.5, 0.6) is 0 Å². The quantitative estimate of drug-likeness (QED) is 0.782. The summed E-state index contributed by atoms with van der Waals surface area (Å²) in [4.78, 5) is 4.72. The number of fused-ring (bicyclic) bond motifs is 1. The van der Waals surface area contributed by atoms with Crippen LogP contribution >= 0.6 is 0 Å². The minimum absolute atomic E-state index is 0.208. The molecule has 0 aliphatic carbocycles. The third kappa shape index (κ3) is 2.95. The van der Waals surface area contributed by atoms with Crippen LogP contribution in [0, 0.1) is 5.92 Å². The highest BCUT2D eigenvalue weighted by Gasteiger charge is 2.29. The van der Waals surface area contributed by atoms with Crippen molar-refractivity contribution in [3.8, 4) is 0 Å². The van der Waals surface area contributed by atoms with Gasteiger partial charge in [0.15, 0.2) is 0 Å². The second-order valence-electron chi connectivity index (χ2n) is 6.46. The molecule has 0 bridgehead atoms. The maximum absolute atomic E-state index is 5.97. The number of imidazole rings is 1. The zero-order chi connectivity index (χ0) is 16.4. The molecule has 1 aliphatic heterocycles. The number of aromatic nitrogens is 2. The molecule has 0 spiro atoms. The second kappa shape index (κ2) is 6.75. The summed E-state index contributed by atoms with van der Waals surface area (Å²) in [5.41, 5.74) is 3.52. The van der Waals surface area contributed by atoms with Crippen LogP contribution in [0.2, 0.25) is 0 Å². The molecule has 1 N–H and O–H groups in total. The zero-order valence-corrected chi connectivity index (χ0v) is 14.0. The summed E-state index contributed by atoms with van der Waals surface area (Å²) in [6, 6.07) is 18.8. The standard InChI is InChI=1S/C20H23N3O/c1-23-18-10-6-5-9-17(18)22-19(23)14-21-13-16-11-12-24-20(16)15-7-3-2-4-8-15/h2-10,16,20-21H,11-14H2,1H3/t16-,20-/m1/s1. The van der Waals surface area contributed by atoms with Crippen LogP contribution in [0.4, 0.5) is 0 Å². The Balaban J connectivity index is 1.40. The molecule has 0 saturated carbocycles. The van der Waals surface area contributed by atoms with Gasteiger partial charge in [-0.25, -0.2) is 4.98 Å². The molecule has 3 aromatic rings. The summed E-state index contributed by atoms with van der Waals surface area (Å²) in [6.45, 7) is 2.57. The Morgan fingerprint density at radius 1 is 1.12 bits per heavy atom. The third-order valence-electron chi connectivity index (χ3n) is 4.91. The lowest BCUT2D eigenvalue weighted by Crippen LogP contribution is -2.25. The number of benzene rings is 2. The van der Waals surface area contributed by atoms with Crippen molar-refractivity contribution in [1.82, 2.24) is 14.9 Å². The first kappa shape index (κ1) is 15.4. The normalized spacial score (nSPS) is 20.7. The number of hydrogen-bond donors (Lipinski definition) is 1. The van der Waals surface area contributed by atoms with Crippen molar-refractivity contribution in [2.24, 2.45) is 13.0 Å². The van der Waals surface area contributed by atoms with E-state index in [-0.39, 0.29) is 6.10 Å². The van der Waals surface area contributed by atoms with Crippen molar-refractivity contribution in [3.63, 3.8) is 0 Å². The largest absolute Gasteiger partial charge is 0.373 e. The van der Waals surface area contributed by atoms with E-state index >= 15 is 0 Å². The van der Waals surface area contributed by atoms with Gasteiger partial charge >= 0.3 is 0 Å². The van der Waals surface area contributed by atoms with Gasteiger partial charge in [0, 0.05) is 26.1 Å². The van der Waals surface area contributed by atoms with Crippen molar-refractivity contribution < 1.29 is 4.74 Å². The number of aryl methyl sites for hydroxylation is 1. The summed E-state index contributed by atoms with van der Waals surface area (Å²) in [5, 5.41) is 3.58. The molecule has 4 nitrogen and oxygen atoms in total. The first-order chi connectivity index (χ1) is 11.8. The van der Waals surface area contributed by atoms with Crippen LogP contribution in [0.3, 0.4) is 0 Å². The summed E-state index contributed by atoms with van der Waals surface area (Å²) in [6.07, 6.45) is 1.31. The maximum Gasteiger partial charge on any atom is 0.123 e.